The normalized spacial score (nSPS) is 22.2. The van der Waals surface area contributed by atoms with Crippen molar-refractivity contribution in [3.63, 3.8) is 0 Å². The molecule has 0 aliphatic carbocycles. The molecule has 1 aromatic carbocycles. The van der Waals surface area contributed by atoms with E-state index in [9.17, 15) is 14.4 Å². The second-order valence-corrected chi connectivity index (χ2v) is 7.10. The van der Waals surface area contributed by atoms with Gasteiger partial charge in [0.25, 0.3) is 0 Å². The standard InChI is InChI=1S/C20H27N3O5/c1-15-16(2)23(19(25)14-21-11-13-28-20(21)26)10-9-22(15)18(24)8-12-27-17-6-4-3-5-7-17/h3-7,15-16H,8-14H2,1-2H3/t15-,16-/m1/s1. The molecule has 1 aromatic rings. The smallest absolute Gasteiger partial charge is 0.410 e. The van der Waals surface area contributed by atoms with Crippen molar-refractivity contribution >= 4 is 17.9 Å². The summed E-state index contributed by atoms with van der Waals surface area (Å²) in [4.78, 5) is 41.8. The second kappa shape index (κ2) is 8.95. The van der Waals surface area contributed by atoms with Gasteiger partial charge >= 0.3 is 6.09 Å². The first-order valence-electron chi connectivity index (χ1n) is 9.66. The Labute approximate surface area is 165 Å². The van der Waals surface area contributed by atoms with Crippen LogP contribution in [0, 0.1) is 0 Å². The number of hydrogen-bond donors (Lipinski definition) is 0. The van der Waals surface area contributed by atoms with Gasteiger partial charge in [-0.3, -0.25) is 14.5 Å². The maximum Gasteiger partial charge on any atom is 0.410 e. The zero-order valence-electron chi connectivity index (χ0n) is 16.4. The predicted octanol–water partition coefficient (Wildman–Crippen LogP) is 1.36. The van der Waals surface area contributed by atoms with Gasteiger partial charge in [-0.1, -0.05) is 18.2 Å². The van der Waals surface area contributed by atoms with Crippen LogP contribution in [-0.2, 0) is 14.3 Å². The SMILES string of the molecule is C[C@@H]1[C@@H](C)N(C(=O)CN2CCOC2=O)CCN1C(=O)CCOc1ccccc1. The molecule has 0 spiro atoms. The van der Waals surface area contributed by atoms with Crippen molar-refractivity contribution in [1.82, 2.24) is 14.7 Å². The lowest BCUT2D eigenvalue weighted by molar-refractivity contribution is -0.146. The summed E-state index contributed by atoms with van der Waals surface area (Å²) in [5, 5.41) is 0. The fourth-order valence-electron chi connectivity index (χ4n) is 3.59. The van der Waals surface area contributed by atoms with Crippen LogP contribution in [-0.4, -0.2) is 84.1 Å². The van der Waals surface area contributed by atoms with Gasteiger partial charge < -0.3 is 19.3 Å². The van der Waals surface area contributed by atoms with E-state index in [4.69, 9.17) is 9.47 Å². The van der Waals surface area contributed by atoms with E-state index in [0.717, 1.165) is 5.75 Å². The third-order valence-electron chi connectivity index (χ3n) is 5.40. The molecule has 2 heterocycles. The fourth-order valence-corrected chi connectivity index (χ4v) is 3.59. The summed E-state index contributed by atoms with van der Waals surface area (Å²) in [6.07, 6.45) is -0.152. The van der Waals surface area contributed by atoms with Crippen molar-refractivity contribution < 1.29 is 23.9 Å². The molecule has 8 heteroatoms. The summed E-state index contributed by atoms with van der Waals surface area (Å²) in [6, 6.07) is 9.17. The number of piperazine rings is 1. The molecular weight excluding hydrogens is 362 g/mol. The summed E-state index contributed by atoms with van der Waals surface area (Å²) >= 11 is 0. The molecule has 0 saturated carbocycles. The molecule has 2 atom stereocenters. The summed E-state index contributed by atoms with van der Waals surface area (Å²) in [6.45, 7) is 5.92. The van der Waals surface area contributed by atoms with E-state index in [2.05, 4.69) is 0 Å². The number of carbonyl (C=O) groups excluding carboxylic acids is 3. The Kier molecular flexibility index (Phi) is 6.38. The van der Waals surface area contributed by atoms with Crippen molar-refractivity contribution in [3.05, 3.63) is 30.3 Å². The molecule has 28 heavy (non-hydrogen) atoms. The van der Waals surface area contributed by atoms with Crippen LogP contribution in [0.2, 0.25) is 0 Å². The molecule has 152 valence electrons. The number of para-hydroxylation sites is 1. The van der Waals surface area contributed by atoms with Gasteiger partial charge in [0.1, 0.15) is 18.9 Å². The van der Waals surface area contributed by atoms with Crippen LogP contribution in [0.25, 0.3) is 0 Å². The summed E-state index contributed by atoms with van der Waals surface area (Å²) in [5.74, 6) is 0.649. The maximum absolute atomic E-state index is 12.6. The van der Waals surface area contributed by atoms with E-state index >= 15 is 0 Å². The molecule has 2 aliphatic heterocycles. The Balaban J connectivity index is 1.48. The van der Waals surface area contributed by atoms with Crippen LogP contribution < -0.4 is 4.74 Å². The highest BCUT2D eigenvalue weighted by atomic mass is 16.6. The number of rotatable bonds is 6. The molecular formula is C20H27N3O5. The fraction of sp³-hybridized carbons (Fsp3) is 0.550. The number of cyclic esters (lactones) is 1. The van der Waals surface area contributed by atoms with Crippen LogP contribution in [0.4, 0.5) is 4.79 Å². The first-order valence-corrected chi connectivity index (χ1v) is 9.66. The minimum Gasteiger partial charge on any atom is -0.493 e. The zero-order valence-corrected chi connectivity index (χ0v) is 16.4. The Morgan fingerprint density at radius 2 is 1.68 bits per heavy atom. The minimum absolute atomic E-state index is 0.0190. The van der Waals surface area contributed by atoms with E-state index in [0.29, 0.717) is 39.3 Å². The molecule has 8 nitrogen and oxygen atoms in total. The van der Waals surface area contributed by atoms with Crippen molar-refractivity contribution in [1.29, 1.82) is 0 Å². The Morgan fingerprint density at radius 1 is 1.04 bits per heavy atom. The minimum atomic E-state index is -0.443. The molecule has 0 aromatic heterocycles. The molecule has 0 N–H and O–H groups in total. The quantitative estimate of drug-likeness (QED) is 0.734. The van der Waals surface area contributed by atoms with E-state index in [1.165, 1.54) is 4.90 Å². The topological polar surface area (TPSA) is 79.4 Å². The van der Waals surface area contributed by atoms with Gasteiger partial charge in [0.15, 0.2) is 0 Å². The zero-order chi connectivity index (χ0) is 20.1. The number of ether oxygens (including phenoxy) is 2. The van der Waals surface area contributed by atoms with Gasteiger partial charge in [0, 0.05) is 25.2 Å². The number of amides is 3. The van der Waals surface area contributed by atoms with Crippen molar-refractivity contribution in [2.75, 3.05) is 39.4 Å². The number of benzene rings is 1. The summed E-state index contributed by atoms with van der Waals surface area (Å²) < 4.78 is 10.5. The van der Waals surface area contributed by atoms with Crippen LogP contribution in [0.15, 0.2) is 30.3 Å². The van der Waals surface area contributed by atoms with Gasteiger partial charge in [-0.2, -0.15) is 0 Å². The first kappa shape index (κ1) is 20.0. The summed E-state index contributed by atoms with van der Waals surface area (Å²) in [7, 11) is 0. The molecule has 2 aliphatic rings. The van der Waals surface area contributed by atoms with E-state index in [1.807, 2.05) is 49.1 Å². The number of nitrogens with zero attached hydrogens (tertiary/aromatic N) is 3. The van der Waals surface area contributed by atoms with Crippen molar-refractivity contribution in [3.8, 4) is 5.75 Å². The number of carbonyl (C=O) groups is 3. The predicted molar refractivity (Wildman–Crippen MR) is 102 cm³/mol. The lowest BCUT2D eigenvalue weighted by Gasteiger charge is -2.45. The average molecular weight is 389 g/mol. The second-order valence-electron chi connectivity index (χ2n) is 7.10. The van der Waals surface area contributed by atoms with Gasteiger partial charge in [0.05, 0.1) is 19.6 Å². The third-order valence-corrected chi connectivity index (χ3v) is 5.40. The Hall–Kier alpha value is -2.77. The highest BCUT2D eigenvalue weighted by Crippen LogP contribution is 2.19. The largest absolute Gasteiger partial charge is 0.493 e. The van der Waals surface area contributed by atoms with Gasteiger partial charge in [0.2, 0.25) is 11.8 Å². The average Bonchev–Trinajstić information content (AvgIpc) is 3.09. The molecule has 2 fully saturated rings. The molecule has 3 rings (SSSR count). The Bertz CT molecular complexity index is 711. The number of hydrogen-bond acceptors (Lipinski definition) is 5. The van der Waals surface area contributed by atoms with Crippen molar-refractivity contribution in [2.24, 2.45) is 0 Å². The van der Waals surface area contributed by atoms with Gasteiger partial charge in [-0.05, 0) is 26.0 Å². The van der Waals surface area contributed by atoms with Crippen LogP contribution in [0.5, 0.6) is 5.75 Å². The third kappa shape index (κ3) is 4.55. The monoisotopic (exact) mass is 389 g/mol. The van der Waals surface area contributed by atoms with E-state index in [1.54, 1.807) is 4.90 Å². The molecule has 2 saturated heterocycles. The van der Waals surface area contributed by atoms with E-state index < -0.39 is 6.09 Å². The molecule has 0 bridgehead atoms. The van der Waals surface area contributed by atoms with Crippen LogP contribution in [0.3, 0.4) is 0 Å². The molecule has 3 amide bonds. The van der Waals surface area contributed by atoms with Crippen molar-refractivity contribution in [2.45, 2.75) is 32.4 Å². The van der Waals surface area contributed by atoms with Crippen LogP contribution in [0.1, 0.15) is 20.3 Å². The molecule has 0 radical (unpaired) electrons. The summed E-state index contributed by atoms with van der Waals surface area (Å²) in [5.41, 5.74) is 0. The van der Waals surface area contributed by atoms with Gasteiger partial charge in [-0.15, -0.1) is 0 Å². The molecule has 0 unspecified atom stereocenters. The lowest BCUT2D eigenvalue weighted by Crippen LogP contribution is -2.61. The maximum atomic E-state index is 12.6. The highest BCUT2D eigenvalue weighted by molar-refractivity contribution is 5.84. The highest BCUT2D eigenvalue weighted by Gasteiger charge is 2.36. The first-order chi connectivity index (χ1) is 13.5. The van der Waals surface area contributed by atoms with Gasteiger partial charge in [-0.25, -0.2) is 4.79 Å². The Morgan fingerprint density at radius 3 is 2.29 bits per heavy atom. The van der Waals surface area contributed by atoms with E-state index in [-0.39, 0.29) is 30.4 Å². The lowest BCUT2D eigenvalue weighted by atomic mass is 10.0. The van der Waals surface area contributed by atoms with Crippen LogP contribution >= 0.6 is 0 Å².